The van der Waals surface area contributed by atoms with E-state index in [4.69, 9.17) is 0 Å². The van der Waals surface area contributed by atoms with E-state index in [0.717, 1.165) is 29.6 Å². The Hall–Kier alpha value is -0.260. The summed E-state index contributed by atoms with van der Waals surface area (Å²) in [5, 5.41) is 0. The molecule has 0 N–H and O–H groups in total. The molecule has 0 radical (unpaired) electrons. The summed E-state index contributed by atoms with van der Waals surface area (Å²) in [7, 11) is 0. The Morgan fingerprint density at radius 1 is 0.947 bits per heavy atom. The maximum atomic E-state index is 2.63. The van der Waals surface area contributed by atoms with E-state index in [-0.39, 0.29) is 0 Å². The van der Waals surface area contributed by atoms with Crippen molar-refractivity contribution in [2.75, 3.05) is 0 Å². The van der Waals surface area contributed by atoms with E-state index < -0.39 is 0 Å². The normalized spacial score (nSPS) is 52.4. The molecule has 0 heteroatoms. The Labute approximate surface area is 119 Å². The summed E-state index contributed by atoms with van der Waals surface area (Å²) in [5.74, 6) is 5.48. The topological polar surface area (TPSA) is 0 Å². The van der Waals surface area contributed by atoms with Crippen molar-refractivity contribution < 1.29 is 0 Å². The van der Waals surface area contributed by atoms with Crippen LogP contribution in [0.15, 0.2) is 12.2 Å². The van der Waals surface area contributed by atoms with Crippen LogP contribution >= 0.6 is 0 Å². The van der Waals surface area contributed by atoms with Gasteiger partial charge in [0.05, 0.1) is 0 Å². The van der Waals surface area contributed by atoms with Crippen LogP contribution < -0.4 is 0 Å². The van der Waals surface area contributed by atoms with Crippen molar-refractivity contribution in [3.05, 3.63) is 12.2 Å². The first-order valence-electron chi connectivity index (χ1n) is 9.02. The van der Waals surface area contributed by atoms with Crippen LogP contribution in [0, 0.1) is 35.0 Å². The number of hydrogen-bond donors (Lipinski definition) is 0. The third kappa shape index (κ3) is 1.78. The standard InChI is InChI=1S/C19H30/c1-2-19-12-5-8-18(19)17-10-9-14-6-3-4-7-15(14)16(17)11-13-19/h5,12,14-18H,2-4,6-11,13H2,1H3/t14?,15-,16+,17+,18-,19-/m0/s1. The lowest BCUT2D eigenvalue weighted by Gasteiger charge is -2.55. The molecule has 0 aromatic rings. The fourth-order valence-electron chi connectivity index (χ4n) is 6.69. The van der Waals surface area contributed by atoms with E-state index in [0.29, 0.717) is 5.41 Å². The van der Waals surface area contributed by atoms with Crippen molar-refractivity contribution in [3.8, 4) is 0 Å². The van der Waals surface area contributed by atoms with Crippen LogP contribution in [0.4, 0.5) is 0 Å². The molecule has 0 spiro atoms. The second-order valence-corrected chi connectivity index (χ2v) is 7.98. The lowest BCUT2D eigenvalue weighted by Crippen LogP contribution is -2.47. The van der Waals surface area contributed by atoms with Crippen molar-refractivity contribution in [3.63, 3.8) is 0 Å². The van der Waals surface area contributed by atoms with E-state index in [2.05, 4.69) is 19.1 Å². The first kappa shape index (κ1) is 12.5. The molecule has 3 fully saturated rings. The quantitative estimate of drug-likeness (QED) is 0.538. The van der Waals surface area contributed by atoms with Crippen LogP contribution in [-0.2, 0) is 0 Å². The van der Waals surface area contributed by atoms with Crippen molar-refractivity contribution in [1.29, 1.82) is 0 Å². The summed E-state index contributed by atoms with van der Waals surface area (Å²) in [4.78, 5) is 0. The van der Waals surface area contributed by atoms with Crippen molar-refractivity contribution in [2.45, 2.75) is 71.1 Å². The van der Waals surface area contributed by atoms with Crippen LogP contribution in [-0.4, -0.2) is 0 Å². The van der Waals surface area contributed by atoms with Gasteiger partial charge in [-0.1, -0.05) is 38.3 Å². The van der Waals surface area contributed by atoms with E-state index in [9.17, 15) is 0 Å². The summed E-state index contributed by atoms with van der Waals surface area (Å²) < 4.78 is 0. The van der Waals surface area contributed by atoms with E-state index >= 15 is 0 Å². The molecule has 0 aromatic carbocycles. The van der Waals surface area contributed by atoms with Crippen molar-refractivity contribution in [2.24, 2.45) is 35.0 Å². The third-order valence-electron chi connectivity index (χ3n) is 7.63. The SMILES string of the molecule is CC[C@@]12C=CC[C@H]1[C@@H]1CCC3CCCC[C@@H]3[C@H]1CC2. The van der Waals surface area contributed by atoms with Gasteiger partial charge in [0.1, 0.15) is 0 Å². The molecule has 106 valence electrons. The molecular weight excluding hydrogens is 228 g/mol. The second kappa shape index (κ2) is 4.64. The lowest BCUT2D eigenvalue weighted by molar-refractivity contribution is -0.0466. The highest BCUT2D eigenvalue weighted by Gasteiger charge is 2.52. The molecule has 0 amide bonds. The maximum Gasteiger partial charge on any atom is -0.00868 e. The van der Waals surface area contributed by atoms with Gasteiger partial charge in [-0.05, 0) is 80.0 Å². The predicted octanol–water partition coefficient (Wildman–Crippen LogP) is 5.59. The molecule has 0 saturated heterocycles. The van der Waals surface area contributed by atoms with Crippen LogP contribution in [0.2, 0.25) is 0 Å². The number of hydrogen-bond acceptors (Lipinski definition) is 0. The molecule has 6 atom stereocenters. The molecule has 0 aromatic heterocycles. The Balaban J connectivity index is 1.59. The third-order valence-corrected chi connectivity index (χ3v) is 7.63. The van der Waals surface area contributed by atoms with Gasteiger partial charge in [-0.3, -0.25) is 0 Å². The highest BCUT2D eigenvalue weighted by Crippen LogP contribution is 2.61. The van der Waals surface area contributed by atoms with Crippen LogP contribution in [0.25, 0.3) is 0 Å². The maximum absolute atomic E-state index is 2.63. The highest BCUT2D eigenvalue weighted by atomic mass is 14.6. The molecule has 4 rings (SSSR count). The zero-order valence-electron chi connectivity index (χ0n) is 12.6. The monoisotopic (exact) mass is 258 g/mol. The molecule has 0 aliphatic heterocycles. The Morgan fingerprint density at radius 2 is 1.84 bits per heavy atom. The second-order valence-electron chi connectivity index (χ2n) is 7.98. The van der Waals surface area contributed by atoms with Gasteiger partial charge in [-0.2, -0.15) is 0 Å². The zero-order valence-corrected chi connectivity index (χ0v) is 12.6. The summed E-state index contributed by atoms with van der Waals surface area (Å²) in [6.45, 7) is 2.44. The first-order chi connectivity index (χ1) is 9.34. The summed E-state index contributed by atoms with van der Waals surface area (Å²) in [6, 6.07) is 0. The summed E-state index contributed by atoms with van der Waals surface area (Å²) in [6.07, 6.45) is 20.4. The van der Waals surface area contributed by atoms with Gasteiger partial charge in [-0.25, -0.2) is 0 Å². The fourth-order valence-corrected chi connectivity index (χ4v) is 6.69. The highest BCUT2D eigenvalue weighted by molar-refractivity contribution is 5.15. The number of rotatable bonds is 1. The van der Waals surface area contributed by atoms with Gasteiger partial charge in [0.25, 0.3) is 0 Å². The average Bonchev–Trinajstić information content (AvgIpc) is 2.91. The van der Waals surface area contributed by atoms with Gasteiger partial charge < -0.3 is 0 Å². The average molecular weight is 258 g/mol. The molecule has 19 heavy (non-hydrogen) atoms. The first-order valence-corrected chi connectivity index (χ1v) is 9.02. The van der Waals surface area contributed by atoms with E-state index in [1.54, 1.807) is 32.1 Å². The van der Waals surface area contributed by atoms with E-state index in [1.807, 2.05) is 0 Å². The minimum absolute atomic E-state index is 0.628. The Kier molecular flexibility index (Phi) is 3.05. The van der Waals surface area contributed by atoms with Crippen LogP contribution in [0.3, 0.4) is 0 Å². The van der Waals surface area contributed by atoms with Crippen LogP contribution in [0.1, 0.15) is 71.1 Å². The molecule has 4 aliphatic rings. The molecular formula is C19H30. The smallest absolute Gasteiger partial charge is 0.00868 e. The van der Waals surface area contributed by atoms with Gasteiger partial charge in [0.15, 0.2) is 0 Å². The van der Waals surface area contributed by atoms with Crippen molar-refractivity contribution in [1.82, 2.24) is 0 Å². The predicted molar refractivity (Wildman–Crippen MR) is 80.9 cm³/mol. The Bertz CT molecular complexity index is 368. The molecule has 0 bridgehead atoms. The van der Waals surface area contributed by atoms with Gasteiger partial charge >= 0.3 is 0 Å². The minimum atomic E-state index is 0.628. The summed E-state index contributed by atoms with van der Waals surface area (Å²) >= 11 is 0. The van der Waals surface area contributed by atoms with Crippen LogP contribution in [0.5, 0.6) is 0 Å². The molecule has 0 heterocycles. The number of allylic oxidation sites excluding steroid dienone is 2. The molecule has 4 aliphatic carbocycles. The summed E-state index contributed by atoms with van der Waals surface area (Å²) in [5.41, 5.74) is 0.628. The number of fused-ring (bicyclic) bond motifs is 5. The van der Waals surface area contributed by atoms with Gasteiger partial charge in [-0.15, -0.1) is 0 Å². The minimum Gasteiger partial charge on any atom is -0.0877 e. The van der Waals surface area contributed by atoms with E-state index in [1.165, 1.54) is 32.1 Å². The zero-order chi connectivity index (χ0) is 12.9. The van der Waals surface area contributed by atoms with Crippen molar-refractivity contribution >= 4 is 0 Å². The lowest BCUT2D eigenvalue weighted by atomic mass is 9.50. The Morgan fingerprint density at radius 3 is 2.74 bits per heavy atom. The molecule has 0 nitrogen and oxygen atoms in total. The van der Waals surface area contributed by atoms with Gasteiger partial charge in [0.2, 0.25) is 0 Å². The van der Waals surface area contributed by atoms with Gasteiger partial charge in [0, 0.05) is 0 Å². The molecule has 1 unspecified atom stereocenters. The largest absolute Gasteiger partial charge is 0.0877 e. The molecule has 3 saturated carbocycles. The fraction of sp³-hybridized carbons (Fsp3) is 0.895.